The molecule has 3 nitrogen and oxygen atoms in total. The van der Waals surface area contributed by atoms with E-state index in [4.69, 9.17) is 12.2 Å². The van der Waals surface area contributed by atoms with Gasteiger partial charge in [0.1, 0.15) is 5.70 Å². The van der Waals surface area contributed by atoms with E-state index in [9.17, 15) is 4.79 Å². The number of hydrogen-bond acceptors (Lipinski definition) is 2. The summed E-state index contributed by atoms with van der Waals surface area (Å²) in [5.74, 6) is -0.115. The van der Waals surface area contributed by atoms with Crippen LogP contribution in [0.25, 0.3) is 0 Å². The summed E-state index contributed by atoms with van der Waals surface area (Å²) in [6.07, 6.45) is 5.05. The zero-order valence-corrected chi connectivity index (χ0v) is 7.83. The Morgan fingerprint density at radius 1 is 1.50 bits per heavy atom. The second kappa shape index (κ2) is 4.21. The standard InChI is InChI=1S/C8H12N2OS/c1-2-3-4-5-6-7(11)10-8(12)9-6/h5H,2-4H2,1H3,(H2,9,10,11,12)/b6-5-. The molecule has 1 heterocycles. The van der Waals surface area contributed by atoms with E-state index in [-0.39, 0.29) is 5.91 Å². The zero-order valence-electron chi connectivity index (χ0n) is 7.02. The van der Waals surface area contributed by atoms with Crippen molar-refractivity contribution in [2.45, 2.75) is 26.2 Å². The molecule has 0 spiro atoms. The first-order valence-electron chi connectivity index (χ1n) is 4.06. The van der Waals surface area contributed by atoms with E-state index in [2.05, 4.69) is 17.6 Å². The first-order chi connectivity index (χ1) is 5.74. The van der Waals surface area contributed by atoms with Crippen molar-refractivity contribution in [1.29, 1.82) is 0 Å². The van der Waals surface area contributed by atoms with Crippen LogP contribution in [0.1, 0.15) is 26.2 Å². The fourth-order valence-electron chi connectivity index (χ4n) is 0.975. The highest BCUT2D eigenvalue weighted by molar-refractivity contribution is 7.80. The normalized spacial score (nSPS) is 19.6. The van der Waals surface area contributed by atoms with E-state index in [0.717, 1.165) is 19.3 Å². The molecule has 0 radical (unpaired) electrons. The summed E-state index contributed by atoms with van der Waals surface area (Å²) in [4.78, 5) is 11.0. The molecule has 0 unspecified atom stereocenters. The SMILES string of the molecule is CCCC/C=C1\NC(=S)NC1=O. The molecule has 1 aliphatic heterocycles. The highest BCUT2D eigenvalue weighted by Gasteiger charge is 2.18. The number of unbranched alkanes of at least 4 members (excludes halogenated alkanes) is 2. The van der Waals surface area contributed by atoms with Crippen molar-refractivity contribution >= 4 is 23.2 Å². The van der Waals surface area contributed by atoms with Crippen molar-refractivity contribution in [2.75, 3.05) is 0 Å². The summed E-state index contributed by atoms with van der Waals surface area (Å²) in [6.45, 7) is 2.12. The maximum absolute atomic E-state index is 11.0. The molecule has 1 saturated heterocycles. The third-order valence-corrected chi connectivity index (χ3v) is 1.83. The lowest BCUT2D eigenvalue weighted by atomic mass is 10.2. The van der Waals surface area contributed by atoms with Gasteiger partial charge < -0.3 is 5.32 Å². The molecule has 1 rings (SSSR count). The van der Waals surface area contributed by atoms with E-state index >= 15 is 0 Å². The molecule has 66 valence electrons. The Morgan fingerprint density at radius 3 is 2.75 bits per heavy atom. The van der Waals surface area contributed by atoms with E-state index in [1.165, 1.54) is 0 Å². The minimum absolute atomic E-state index is 0.115. The van der Waals surface area contributed by atoms with Crippen molar-refractivity contribution in [1.82, 2.24) is 10.6 Å². The van der Waals surface area contributed by atoms with Crippen LogP contribution in [0.5, 0.6) is 0 Å². The van der Waals surface area contributed by atoms with Gasteiger partial charge in [0.05, 0.1) is 0 Å². The van der Waals surface area contributed by atoms with E-state index in [1.807, 2.05) is 6.08 Å². The highest BCUT2D eigenvalue weighted by atomic mass is 32.1. The van der Waals surface area contributed by atoms with Crippen LogP contribution in [-0.4, -0.2) is 11.0 Å². The Balaban J connectivity index is 2.46. The summed E-state index contributed by atoms with van der Waals surface area (Å²) in [5.41, 5.74) is 0.591. The minimum Gasteiger partial charge on any atom is -0.328 e. The molecule has 4 heteroatoms. The smallest absolute Gasteiger partial charge is 0.273 e. The van der Waals surface area contributed by atoms with Crippen molar-refractivity contribution in [2.24, 2.45) is 0 Å². The van der Waals surface area contributed by atoms with Crippen LogP contribution in [0.4, 0.5) is 0 Å². The number of allylic oxidation sites excluding steroid dienone is 1. The Labute approximate surface area is 77.2 Å². The fourth-order valence-corrected chi connectivity index (χ4v) is 1.18. The largest absolute Gasteiger partial charge is 0.328 e. The van der Waals surface area contributed by atoms with Gasteiger partial charge in [-0.15, -0.1) is 0 Å². The van der Waals surface area contributed by atoms with Crippen LogP contribution in [0.15, 0.2) is 11.8 Å². The molecule has 0 aromatic heterocycles. The summed E-state index contributed by atoms with van der Waals surface area (Å²) < 4.78 is 0. The Morgan fingerprint density at radius 2 is 2.25 bits per heavy atom. The number of carbonyl (C=O) groups is 1. The topological polar surface area (TPSA) is 41.1 Å². The molecule has 1 fully saturated rings. The van der Waals surface area contributed by atoms with Gasteiger partial charge in [0.2, 0.25) is 0 Å². The Bertz CT molecular complexity index is 235. The van der Waals surface area contributed by atoms with Crippen molar-refractivity contribution in [3.05, 3.63) is 11.8 Å². The molecule has 0 aromatic carbocycles. The van der Waals surface area contributed by atoms with Crippen LogP contribution >= 0.6 is 12.2 Å². The van der Waals surface area contributed by atoms with Crippen LogP contribution in [0.2, 0.25) is 0 Å². The molecule has 1 amide bonds. The molecule has 12 heavy (non-hydrogen) atoms. The molecular formula is C8H12N2OS. The van der Waals surface area contributed by atoms with Gasteiger partial charge >= 0.3 is 0 Å². The minimum atomic E-state index is -0.115. The quantitative estimate of drug-likeness (QED) is 0.391. The Kier molecular flexibility index (Phi) is 3.22. The summed E-state index contributed by atoms with van der Waals surface area (Å²) in [5, 5.41) is 5.71. The third-order valence-electron chi connectivity index (χ3n) is 1.63. The van der Waals surface area contributed by atoms with Crippen LogP contribution in [0.3, 0.4) is 0 Å². The van der Waals surface area contributed by atoms with Crippen LogP contribution < -0.4 is 10.6 Å². The Hall–Kier alpha value is -0.900. The molecule has 0 atom stereocenters. The molecule has 0 aromatic rings. The van der Waals surface area contributed by atoms with Gasteiger partial charge in [0.15, 0.2) is 5.11 Å². The fraction of sp³-hybridized carbons (Fsp3) is 0.500. The molecule has 0 bridgehead atoms. The van der Waals surface area contributed by atoms with Crippen LogP contribution in [-0.2, 0) is 4.79 Å². The van der Waals surface area contributed by atoms with Crippen molar-refractivity contribution < 1.29 is 4.79 Å². The lowest BCUT2D eigenvalue weighted by Gasteiger charge is -1.93. The molecular weight excluding hydrogens is 172 g/mol. The van der Waals surface area contributed by atoms with Crippen molar-refractivity contribution in [3.8, 4) is 0 Å². The van der Waals surface area contributed by atoms with Gasteiger partial charge in [0, 0.05) is 0 Å². The summed E-state index contributed by atoms with van der Waals surface area (Å²) in [6, 6.07) is 0. The van der Waals surface area contributed by atoms with Gasteiger partial charge in [0.25, 0.3) is 5.91 Å². The first kappa shape index (κ1) is 9.19. The zero-order chi connectivity index (χ0) is 8.97. The van der Waals surface area contributed by atoms with Gasteiger partial charge in [-0.3, -0.25) is 10.1 Å². The number of nitrogens with one attached hydrogen (secondary N) is 2. The van der Waals surface area contributed by atoms with E-state index < -0.39 is 0 Å². The number of hydrogen-bond donors (Lipinski definition) is 2. The maximum atomic E-state index is 11.0. The van der Waals surface area contributed by atoms with Crippen LogP contribution in [0, 0.1) is 0 Å². The average Bonchev–Trinajstić information content (AvgIpc) is 2.31. The van der Waals surface area contributed by atoms with Gasteiger partial charge in [-0.1, -0.05) is 19.4 Å². The summed E-state index contributed by atoms with van der Waals surface area (Å²) in [7, 11) is 0. The maximum Gasteiger partial charge on any atom is 0.273 e. The van der Waals surface area contributed by atoms with Gasteiger partial charge in [-0.05, 0) is 25.1 Å². The number of thiocarbonyl (C=S) groups is 1. The lowest BCUT2D eigenvalue weighted by Crippen LogP contribution is -2.21. The number of rotatable bonds is 3. The second-order valence-electron chi connectivity index (χ2n) is 2.67. The molecule has 0 aliphatic carbocycles. The predicted molar refractivity (Wildman–Crippen MR) is 51.5 cm³/mol. The number of amides is 1. The monoisotopic (exact) mass is 184 g/mol. The van der Waals surface area contributed by atoms with Crippen molar-refractivity contribution in [3.63, 3.8) is 0 Å². The van der Waals surface area contributed by atoms with Gasteiger partial charge in [-0.2, -0.15) is 0 Å². The molecule has 2 N–H and O–H groups in total. The summed E-state index contributed by atoms with van der Waals surface area (Å²) >= 11 is 4.77. The lowest BCUT2D eigenvalue weighted by molar-refractivity contribution is -0.115. The molecule has 0 saturated carbocycles. The highest BCUT2D eigenvalue weighted by Crippen LogP contribution is 2.02. The second-order valence-corrected chi connectivity index (χ2v) is 3.08. The van der Waals surface area contributed by atoms with E-state index in [0.29, 0.717) is 10.8 Å². The number of carbonyl (C=O) groups excluding carboxylic acids is 1. The molecule has 1 aliphatic rings. The average molecular weight is 184 g/mol. The predicted octanol–water partition coefficient (Wildman–Crippen LogP) is 1.06. The van der Waals surface area contributed by atoms with Gasteiger partial charge in [-0.25, -0.2) is 0 Å². The third kappa shape index (κ3) is 2.30. The van der Waals surface area contributed by atoms with E-state index in [1.54, 1.807) is 0 Å². The first-order valence-corrected chi connectivity index (χ1v) is 4.47.